The lowest BCUT2D eigenvalue weighted by molar-refractivity contribution is 0.302. The number of allylic oxidation sites excluding steroid dienone is 1. The summed E-state index contributed by atoms with van der Waals surface area (Å²) in [5.41, 5.74) is 4.07. The highest BCUT2D eigenvalue weighted by Gasteiger charge is 2.16. The number of β-amino-alcohol motifs (C(OH)–C–C–N with tert-alkyl or cyclic N) is 1. The number of benzodiazepines with no additional fused rings is 1. The van der Waals surface area contributed by atoms with Crippen molar-refractivity contribution in [3.05, 3.63) is 69.7 Å². The van der Waals surface area contributed by atoms with E-state index in [0.29, 0.717) is 23.1 Å². The number of benzene rings is 2. The highest BCUT2D eigenvalue weighted by molar-refractivity contribution is 6.42. The Bertz CT molecular complexity index is 787. The summed E-state index contributed by atoms with van der Waals surface area (Å²) < 4.78 is 0. The van der Waals surface area contributed by atoms with E-state index in [0.717, 1.165) is 29.1 Å². The van der Waals surface area contributed by atoms with Crippen molar-refractivity contribution in [2.75, 3.05) is 31.1 Å². The molecule has 0 bridgehead atoms. The number of fused-ring (bicyclic) bond motifs is 1. The van der Waals surface area contributed by atoms with E-state index in [1.165, 1.54) is 0 Å². The van der Waals surface area contributed by atoms with Gasteiger partial charge in [-0.2, -0.15) is 0 Å². The molecular formula is C19H18Cl2N2O. The summed E-state index contributed by atoms with van der Waals surface area (Å²) in [7, 11) is 0. The van der Waals surface area contributed by atoms with Crippen molar-refractivity contribution in [1.82, 2.24) is 0 Å². The third-order valence-corrected chi connectivity index (χ3v) is 4.66. The second kappa shape index (κ2) is 7.84. The fourth-order valence-electron chi connectivity index (χ4n) is 2.75. The van der Waals surface area contributed by atoms with Gasteiger partial charge < -0.3 is 10.0 Å². The quantitative estimate of drug-likeness (QED) is 0.881. The van der Waals surface area contributed by atoms with Gasteiger partial charge in [-0.25, -0.2) is 0 Å². The van der Waals surface area contributed by atoms with Crippen LogP contribution >= 0.6 is 23.2 Å². The number of aliphatic imine (C=N–C) groups is 1. The molecule has 0 fully saturated rings. The van der Waals surface area contributed by atoms with Crippen LogP contribution in [0.2, 0.25) is 10.0 Å². The van der Waals surface area contributed by atoms with Crippen LogP contribution in [-0.2, 0) is 0 Å². The summed E-state index contributed by atoms with van der Waals surface area (Å²) >= 11 is 12.0. The van der Waals surface area contributed by atoms with Crippen LogP contribution < -0.4 is 4.90 Å². The molecule has 1 aliphatic rings. The Morgan fingerprint density at radius 2 is 1.92 bits per heavy atom. The molecule has 124 valence electrons. The number of halogens is 2. The predicted octanol–water partition coefficient (Wildman–Crippen LogP) is 4.31. The van der Waals surface area contributed by atoms with E-state index in [1.54, 1.807) is 6.07 Å². The molecule has 0 spiro atoms. The van der Waals surface area contributed by atoms with Crippen LogP contribution in [0.25, 0.3) is 6.08 Å². The van der Waals surface area contributed by atoms with E-state index in [1.807, 2.05) is 36.4 Å². The third-order valence-electron chi connectivity index (χ3n) is 3.92. The van der Waals surface area contributed by atoms with E-state index in [9.17, 15) is 5.11 Å². The van der Waals surface area contributed by atoms with Crippen molar-refractivity contribution in [1.29, 1.82) is 0 Å². The minimum absolute atomic E-state index is 0.128. The smallest absolute Gasteiger partial charge is 0.0668 e. The molecule has 0 aromatic heterocycles. The standard InChI is InChI=1S/C19H18Cl2N2O/c20-16-7-5-14(13-17(16)21)6-8-18-15-3-1-2-4-19(15)23(11-12-24)10-9-22-18/h1-8,13,24H,9-12H2. The van der Waals surface area contributed by atoms with Gasteiger partial charge in [-0.05, 0) is 29.8 Å². The Morgan fingerprint density at radius 3 is 2.71 bits per heavy atom. The molecule has 0 saturated heterocycles. The molecule has 2 aromatic carbocycles. The SMILES string of the molecule is OCCN1CCN=C(C=Cc2ccc(Cl)c(Cl)c2)c2ccccc21. The lowest BCUT2D eigenvalue weighted by Crippen LogP contribution is -2.29. The number of para-hydroxylation sites is 1. The fourth-order valence-corrected chi connectivity index (χ4v) is 3.06. The van der Waals surface area contributed by atoms with Gasteiger partial charge in [-0.15, -0.1) is 0 Å². The maximum atomic E-state index is 9.29. The summed E-state index contributed by atoms with van der Waals surface area (Å²) in [5, 5.41) is 10.4. The lowest BCUT2D eigenvalue weighted by atomic mass is 10.1. The molecule has 0 unspecified atom stereocenters. The first-order valence-electron chi connectivity index (χ1n) is 7.82. The van der Waals surface area contributed by atoms with Crippen molar-refractivity contribution < 1.29 is 5.11 Å². The van der Waals surface area contributed by atoms with Crippen LogP contribution in [0.3, 0.4) is 0 Å². The van der Waals surface area contributed by atoms with Crippen molar-refractivity contribution >= 4 is 40.7 Å². The van der Waals surface area contributed by atoms with Crippen molar-refractivity contribution in [2.45, 2.75) is 0 Å². The molecule has 3 nitrogen and oxygen atoms in total. The zero-order valence-corrected chi connectivity index (χ0v) is 14.6. The number of anilines is 1. The first-order valence-corrected chi connectivity index (χ1v) is 8.57. The first kappa shape index (κ1) is 17.0. The summed E-state index contributed by atoms with van der Waals surface area (Å²) in [6.45, 7) is 2.22. The van der Waals surface area contributed by atoms with Gasteiger partial charge in [0.05, 0.1) is 28.9 Å². The molecule has 0 saturated carbocycles. The van der Waals surface area contributed by atoms with Crippen LogP contribution in [-0.4, -0.2) is 37.1 Å². The third kappa shape index (κ3) is 3.81. The van der Waals surface area contributed by atoms with Gasteiger partial charge in [0.2, 0.25) is 0 Å². The van der Waals surface area contributed by atoms with E-state index >= 15 is 0 Å². The van der Waals surface area contributed by atoms with Gasteiger partial charge in [-0.1, -0.05) is 53.5 Å². The molecule has 2 aromatic rings. The first-order chi connectivity index (χ1) is 11.7. The number of aliphatic hydroxyl groups is 1. The Morgan fingerprint density at radius 1 is 1.08 bits per heavy atom. The van der Waals surface area contributed by atoms with Crippen molar-refractivity contribution in [3.8, 4) is 0 Å². The highest BCUT2D eigenvalue weighted by atomic mass is 35.5. The molecule has 1 heterocycles. The van der Waals surface area contributed by atoms with Crippen LogP contribution in [0.4, 0.5) is 5.69 Å². The van der Waals surface area contributed by atoms with Gasteiger partial charge in [0, 0.05) is 24.3 Å². The van der Waals surface area contributed by atoms with Gasteiger partial charge >= 0.3 is 0 Å². The Labute approximate surface area is 151 Å². The maximum absolute atomic E-state index is 9.29. The molecular weight excluding hydrogens is 343 g/mol. The molecule has 0 radical (unpaired) electrons. The fraction of sp³-hybridized carbons (Fsp3) is 0.211. The van der Waals surface area contributed by atoms with Crippen molar-refractivity contribution in [3.63, 3.8) is 0 Å². The van der Waals surface area contributed by atoms with Gasteiger partial charge in [0.25, 0.3) is 0 Å². The summed E-state index contributed by atoms with van der Waals surface area (Å²) in [6, 6.07) is 13.7. The number of rotatable bonds is 4. The molecule has 0 aliphatic carbocycles. The zero-order chi connectivity index (χ0) is 16.9. The molecule has 3 rings (SSSR count). The molecule has 5 heteroatoms. The zero-order valence-electron chi connectivity index (χ0n) is 13.1. The van der Waals surface area contributed by atoms with Crippen LogP contribution in [0.15, 0.2) is 53.5 Å². The normalized spacial score (nSPS) is 14.5. The Kier molecular flexibility index (Phi) is 5.56. The molecule has 1 N–H and O–H groups in total. The van der Waals surface area contributed by atoms with E-state index < -0.39 is 0 Å². The number of aliphatic hydroxyl groups excluding tert-OH is 1. The summed E-state index contributed by atoms with van der Waals surface area (Å²) in [5.74, 6) is 0. The summed E-state index contributed by atoms with van der Waals surface area (Å²) in [4.78, 5) is 6.87. The lowest BCUT2D eigenvalue weighted by Gasteiger charge is -2.23. The van der Waals surface area contributed by atoms with Crippen LogP contribution in [0, 0.1) is 0 Å². The predicted molar refractivity (Wildman–Crippen MR) is 103 cm³/mol. The monoisotopic (exact) mass is 360 g/mol. The van der Waals surface area contributed by atoms with E-state index in [-0.39, 0.29) is 6.61 Å². The minimum Gasteiger partial charge on any atom is -0.395 e. The van der Waals surface area contributed by atoms with Crippen LogP contribution in [0.1, 0.15) is 11.1 Å². The van der Waals surface area contributed by atoms with E-state index in [2.05, 4.69) is 17.0 Å². The number of nitrogens with zero attached hydrogens (tertiary/aromatic N) is 2. The van der Waals surface area contributed by atoms with Crippen molar-refractivity contribution in [2.24, 2.45) is 4.99 Å². The molecule has 0 amide bonds. The topological polar surface area (TPSA) is 35.8 Å². The average molecular weight is 361 g/mol. The Balaban J connectivity index is 1.92. The second-order valence-corrected chi connectivity index (χ2v) is 6.32. The molecule has 24 heavy (non-hydrogen) atoms. The van der Waals surface area contributed by atoms with E-state index in [4.69, 9.17) is 28.2 Å². The summed E-state index contributed by atoms with van der Waals surface area (Å²) in [6.07, 6.45) is 3.99. The minimum atomic E-state index is 0.128. The molecule has 0 atom stereocenters. The maximum Gasteiger partial charge on any atom is 0.0668 e. The second-order valence-electron chi connectivity index (χ2n) is 5.50. The van der Waals surface area contributed by atoms with Gasteiger partial charge in [-0.3, -0.25) is 4.99 Å². The van der Waals surface area contributed by atoms with Gasteiger partial charge in [0.15, 0.2) is 0 Å². The molecule has 1 aliphatic heterocycles. The Hall–Kier alpha value is -1.81. The number of hydrogen-bond donors (Lipinski definition) is 1. The number of hydrogen-bond acceptors (Lipinski definition) is 3. The average Bonchev–Trinajstić information content (AvgIpc) is 2.76. The van der Waals surface area contributed by atoms with Gasteiger partial charge in [0.1, 0.15) is 0 Å². The largest absolute Gasteiger partial charge is 0.395 e. The van der Waals surface area contributed by atoms with Crippen LogP contribution in [0.5, 0.6) is 0 Å². The highest BCUT2D eigenvalue weighted by Crippen LogP contribution is 2.25.